The molecule has 0 saturated carbocycles. The van der Waals surface area contributed by atoms with Gasteiger partial charge in [-0.3, -0.25) is 19.5 Å². The molecule has 5 rings (SSSR count). The lowest BCUT2D eigenvalue weighted by atomic mass is 9.96. The van der Waals surface area contributed by atoms with Crippen LogP contribution in [0.2, 0.25) is 0 Å². The summed E-state index contributed by atoms with van der Waals surface area (Å²) in [6.07, 6.45) is 3.17. The van der Waals surface area contributed by atoms with Gasteiger partial charge >= 0.3 is 0 Å². The van der Waals surface area contributed by atoms with E-state index in [9.17, 15) is 14.7 Å². The number of anilines is 1. The SMILES string of the molecule is CCOc1ccc(N2C(=O)C(O)=C(C(=O)c3cc4cc(Br)ccc4o3)C2c2cccnc2)cc1. The van der Waals surface area contributed by atoms with E-state index in [-0.39, 0.29) is 11.3 Å². The summed E-state index contributed by atoms with van der Waals surface area (Å²) in [5, 5.41) is 11.6. The molecule has 1 amide bonds. The minimum absolute atomic E-state index is 0.0323. The second-order valence-electron chi connectivity index (χ2n) is 7.68. The molecule has 2 aromatic heterocycles. The van der Waals surface area contributed by atoms with Crippen LogP contribution >= 0.6 is 15.9 Å². The van der Waals surface area contributed by atoms with E-state index in [1.165, 1.54) is 4.90 Å². The molecule has 0 radical (unpaired) electrons. The molecule has 0 saturated heterocycles. The Kier molecular flexibility index (Phi) is 5.67. The summed E-state index contributed by atoms with van der Waals surface area (Å²) >= 11 is 3.41. The van der Waals surface area contributed by atoms with E-state index in [0.717, 1.165) is 9.86 Å². The molecule has 0 aliphatic carbocycles. The van der Waals surface area contributed by atoms with E-state index in [4.69, 9.17) is 9.15 Å². The lowest BCUT2D eigenvalue weighted by molar-refractivity contribution is -0.117. The normalized spacial score (nSPS) is 15.9. The number of carbonyl (C=O) groups is 2. The first-order valence-corrected chi connectivity index (χ1v) is 11.4. The number of rotatable bonds is 6. The average Bonchev–Trinajstić information content (AvgIpc) is 3.38. The number of Topliss-reactive ketones (excluding diaryl/α,β-unsaturated/α-hetero) is 1. The van der Waals surface area contributed by atoms with Crippen molar-refractivity contribution in [1.29, 1.82) is 0 Å². The van der Waals surface area contributed by atoms with Crippen LogP contribution in [0, 0.1) is 0 Å². The lowest BCUT2D eigenvalue weighted by Crippen LogP contribution is -2.31. The number of aliphatic hydroxyl groups is 1. The van der Waals surface area contributed by atoms with Crippen molar-refractivity contribution in [3.63, 3.8) is 0 Å². The Morgan fingerprint density at radius 2 is 1.97 bits per heavy atom. The molecule has 3 heterocycles. The molecule has 2 aromatic carbocycles. The van der Waals surface area contributed by atoms with Crippen LogP contribution in [0.1, 0.15) is 29.1 Å². The van der Waals surface area contributed by atoms with Gasteiger partial charge in [0.05, 0.1) is 18.2 Å². The Bertz CT molecular complexity index is 1430. The van der Waals surface area contributed by atoms with Crippen molar-refractivity contribution in [3.8, 4) is 5.75 Å². The first kappa shape index (κ1) is 21.9. The highest BCUT2D eigenvalue weighted by Crippen LogP contribution is 2.42. The van der Waals surface area contributed by atoms with E-state index in [1.54, 1.807) is 60.9 Å². The molecule has 0 fully saturated rings. The Morgan fingerprint density at radius 3 is 2.68 bits per heavy atom. The highest BCUT2D eigenvalue weighted by molar-refractivity contribution is 9.10. The molecular weight excluding hydrogens is 500 g/mol. The van der Waals surface area contributed by atoms with Crippen molar-refractivity contribution < 1.29 is 23.8 Å². The van der Waals surface area contributed by atoms with Gasteiger partial charge in [0.2, 0.25) is 5.78 Å². The van der Waals surface area contributed by atoms with Crippen LogP contribution in [0.5, 0.6) is 5.75 Å². The number of ketones is 1. The van der Waals surface area contributed by atoms with Crippen molar-refractivity contribution in [3.05, 3.63) is 100 Å². The summed E-state index contributed by atoms with van der Waals surface area (Å²) in [4.78, 5) is 32.4. The summed E-state index contributed by atoms with van der Waals surface area (Å²) in [5.74, 6) is -1.18. The van der Waals surface area contributed by atoms with E-state index in [2.05, 4.69) is 20.9 Å². The van der Waals surface area contributed by atoms with Gasteiger partial charge in [0.1, 0.15) is 11.3 Å². The van der Waals surface area contributed by atoms with Crippen LogP contribution < -0.4 is 9.64 Å². The Morgan fingerprint density at radius 1 is 1.18 bits per heavy atom. The smallest absolute Gasteiger partial charge is 0.294 e. The zero-order chi connectivity index (χ0) is 23.8. The fourth-order valence-corrected chi connectivity index (χ4v) is 4.46. The molecule has 0 spiro atoms. The second kappa shape index (κ2) is 8.79. The zero-order valence-electron chi connectivity index (χ0n) is 18.1. The predicted molar refractivity (Wildman–Crippen MR) is 130 cm³/mol. The van der Waals surface area contributed by atoms with Gasteiger partial charge in [-0.1, -0.05) is 22.0 Å². The molecule has 7 nitrogen and oxygen atoms in total. The van der Waals surface area contributed by atoms with E-state index < -0.39 is 23.5 Å². The minimum Gasteiger partial charge on any atom is -0.503 e. The zero-order valence-corrected chi connectivity index (χ0v) is 19.7. The average molecular weight is 519 g/mol. The number of carbonyl (C=O) groups excluding carboxylic acids is 2. The molecular formula is C26H19BrN2O5. The van der Waals surface area contributed by atoms with Crippen molar-refractivity contribution in [2.45, 2.75) is 13.0 Å². The fourth-order valence-electron chi connectivity index (χ4n) is 4.09. The molecule has 4 aromatic rings. The number of aliphatic hydroxyl groups excluding tert-OH is 1. The van der Waals surface area contributed by atoms with E-state index in [0.29, 0.717) is 29.2 Å². The summed E-state index contributed by atoms with van der Waals surface area (Å²) in [7, 11) is 0. The number of hydrogen-bond acceptors (Lipinski definition) is 6. The van der Waals surface area contributed by atoms with Gasteiger partial charge in [-0.05, 0) is 67.1 Å². The summed E-state index contributed by atoms with van der Waals surface area (Å²) in [5.41, 5.74) is 1.54. The van der Waals surface area contributed by atoms with E-state index >= 15 is 0 Å². The van der Waals surface area contributed by atoms with Gasteiger partial charge in [0, 0.05) is 27.9 Å². The maximum absolute atomic E-state index is 13.6. The number of benzene rings is 2. The number of furan rings is 1. The number of aromatic nitrogens is 1. The number of halogens is 1. The first-order chi connectivity index (χ1) is 16.5. The van der Waals surface area contributed by atoms with E-state index in [1.807, 2.05) is 19.1 Å². The molecule has 1 aliphatic rings. The summed E-state index contributed by atoms with van der Waals surface area (Å²) in [6, 6.07) is 16.5. The monoisotopic (exact) mass is 518 g/mol. The van der Waals surface area contributed by atoms with Gasteiger partial charge in [-0.2, -0.15) is 0 Å². The number of fused-ring (bicyclic) bond motifs is 1. The lowest BCUT2D eigenvalue weighted by Gasteiger charge is -2.26. The van der Waals surface area contributed by atoms with Crippen LogP contribution in [-0.4, -0.2) is 28.4 Å². The molecule has 1 N–H and O–H groups in total. The highest BCUT2D eigenvalue weighted by Gasteiger charge is 2.45. The molecule has 8 heteroatoms. The fraction of sp³-hybridized carbons (Fsp3) is 0.115. The molecule has 34 heavy (non-hydrogen) atoms. The molecule has 1 aliphatic heterocycles. The predicted octanol–water partition coefficient (Wildman–Crippen LogP) is 5.77. The van der Waals surface area contributed by atoms with Crippen molar-refractivity contribution in [2.75, 3.05) is 11.5 Å². The van der Waals surface area contributed by atoms with Gasteiger partial charge in [0.15, 0.2) is 11.5 Å². The van der Waals surface area contributed by atoms with Crippen LogP contribution in [0.15, 0.2) is 93.3 Å². The van der Waals surface area contributed by atoms with Crippen molar-refractivity contribution in [2.24, 2.45) is 0 Å². The van der Waals surface area contributed by atoms with Gasteiger partial charge in [0.25, 0.3) is 5.91 Å². The number of amides is 1. The largest absolute Gasteiger partial charge is 0.503 e. The maximum Gasteiger partial charge on any atom is 0.294 e. The molecule has 1 unspecified atom stereocenters. The van der Waals surface area contributed by atoms with Gasteiger partial charge in [-0.25, -0.2) is 0 Å². The standard InChI is InChI=1S/C26H19BrN2O5/c1-2-33-19-8-6-18(7-9-19)29-23(15-4-3-11-28-14-15)22(25(31)26(29)32)24(30)21-13-16-12-17(27)5-10-20(16)34-21/h3-14,23,31H,2H2,1H3. The van der Waals surface area contributed by atoms with Crippen LogP contribution in [-0.2, 0) is 4.79 Å². The Labute approximate surface area is 203 Å². The number of hydrogen-bond donors (Lipinski definition) is 1. The topological polar surface area (TPSA) is 92.9 Å². The van der Waals surface area contributed by atoms with Crippen LogP contribution in [0.4, 0.5) is 5.69 Å². The quantitative estimate of drug-likeness (QED) is 0.325. The first-order valence-electron chi connectivity index (χ1n) is 10.6. The van der Waals surface area contributed by atoms with Crippen molar-refractivity contribution in [1.82, 2.24) is 4.98 Å². The van der Waals surface area contributed by atoms with Gasteiger partial charge < -0.3 is 14.3 Å². The summed E-state index contributed by atoms with van der Waals surface area (Å²) in [6.45, 7) is 2.39. The Balaban J connectivity index is 1.61. The highest BCUT2D eigenvalue weighted by atomic mass is 79.9. The molecule has 0 bridgehead atoms. The van der Waals surface area contributed by atoms with Gasteiger partial charge in [-0.15, -0.1) is 0 Å². The third kappa shape index (κ3) is 3.76. The van der Waals surface area contributed by atoms with Crippen LogP contribution in [0.25, 0.3) is 11.0 Å². The third-order valence-corrected chi connectivity index (χ3v) is 6.07. The van der Waals surface area contributed by atoms with Crippen molar-refractivity contribution >= 4 is 44.3 Å². The second-order valence-corrected chi connectivity index (χ2v) is 8.59. The number of ether oxygens (including phenoxy) is 1. The maximum atomic E-state index is 13.6. The van der Waals surface area contributed by atoms with Crippen LogP contribution in [0.3, 0.4) is 0 Å². The molecule has 1 atom stereocenters. The number of nitrogens with zero attached hydrogens (tertiary/aromatic N) is 2. The minimum atomic E-state index is -0.883. The Hall–Kier alpha value is -3.91. The number of pyridine rings is 1. The molecule has 170 valence electrons. The third-order valence-electron chi connectivity index (χ3n) is 5.58. The summed E-state index contributed by atoms with van der Waals surface area (Å²) < 4.78 is 12.1.